The number of methoxy groups -OCH3 is 3. The highest BCUT2D eigenvalue weighted by Gasteiger charge is 2.14. The summed E-state index contributed by atoms with van der Waals surface area (Å²) >= 11 is 0. The van der Waals surface area contributed by atoms with Gasteiger partial charge in [0.2, 0.25) is 5.75 Å². The summed E-state index contributed by atoms with van der Waals surface area (Å²) in [6, 6.07) is 17.4. The second kappa shape index (κ2) is 10.9. The van der Waals surface area contributed by atoms with Crippen molar-refractivity contribution in [3.8, 4) is 23.0 Å². The van der Waals surface area contributed by atoms with Gasteiger partial charge in [-0.3, -0.25) is 9.59 Å². The number of benzene rings is 3. The maximum atomic E-state index is 12.7. The number of hydrogen-bond acceptors (Lipinski definition) is 6. The lowest BCUT2D eigenvalue weighted by molar-refractivity contribution is 0.0949. The largest absolute Gasteiger partial charge is 0.493 e. The highest BCUT2D eigenvalue weighted by Crippen LogP contribution is 2.38. The van der Waals surface area contributed by atoms with Crippen LogP contribution in [0.1, 0.15) is 31.8 Å². The molecular formula is C25H26N2O6. The third-order valence-corrected chi connectivity index (χ3v) is 4.91. The van der Waals surface area contributed by atoms with Crippen molar-refractivity contribution in [2.45, 2.75) is 13.2 Å². The smallest absolute Gasteiger partial charge is 0.252 e. The first-order valence-corrected chi connectivity index (χ1v) is 10.1. The Morgan fingerprint density at radius 1 is 0.818 bits per heavy atom. The molecular weight excluding hydrogens is 424 g/mol. The van der Waals surface area contributed by atoms with E-state index in [1.807, 2.05) is 6.07 Å². The van der Waals surface area contributed by atoms with E-state index in [-0.39, 0.29) is 19.1 Å². The third-order valence-electron chi connectivity index (χ3n) is 4.91. The Labute approximate surface area is 192 Å². The minimum absolute atomic E-state index is 0.179. The lowest BCUT2D eigenvalue weighted by Crippen LogP contribution is -2.23. The van der Waals surface area contributed by atoms with Gasteiger partial charge in [-0.05, 0) is 47.5 Å². The van der Waals surface area contributed by atoms with E-state index >= 15 is 0 Å². The predicted octanol–water partition coefficient (Wildman–Crippen LogP) is 3.32. The van der Waals surface area contributed by atoms with Crippen LogP contribution in [-0.4, -0.2) is 33.1 Å². The van der Waals surface area contributed by atoms with Crippen molar-refractivity contribution in [2.75, 3.05) is 21.3 Å². The number of nitrogens with one attached hydrogen (secondary N) is 1. The normalized spacial score (nSPS) is 10.3. The minimum atomic E-state index is -0.564. The van der Waals surface area contributed by atoms with Gasteiger partial charge in [-0.15, -0.1) is 0 Å². The molecule has 0 spiro atoms. The zero-order chi connectivity index (χ0) is 23.8. The summed E-state index contributed by atoms with van der Waals surface area (Å²) in [5, 5.41) is 2.89. The van der Waals surface area contributed by atoms with E-state index in [4.69, 9.17) is 24.7 Å². The standard InChI is InChI=1S/C25H26N2O6/c1-30-21-12-17(13-22(31-2)23(21)32-3)14-27-25(29)18-8-6-7-16(11-18)15-33-20-10-5-4-9-19(20)24(26)28/h4-13H,14-15H2,1-3H3,(H2,26,28)(H,27,29). The number of nitrogens with two attached hydrogens (primary N) is 1. The summed E-state index contributed by atoms with van der Waals surface area (Å²) in [6.07, 6.45) is 0. The van der Waals surface area contributed by atoms with Crippen LogP contribution in [-0.2, 0) is 13.2 Å². The Hall–Kier alpha value is -4.20. The van der Waals surface area contributed by atoms with Crippen LogP contribution in [0.3, 0.4) is 0 Å². The van der Waals surface area contributed by atoms with Gasteiger partial charge >= 0.3 is 0 Å². The molecule has 8 heteroatoms. The fraction of sp³-hybridized carbons (Fsp3) is 0.200. The van der Waals surface area contributed by atoms with Crippen molar-refractivity contribution in [3.05, 3.63) is 82.9 Å². The van der Waals surface area contributed by atoms with Gasteiger partial charge in [0.25, 0.3) is 11.8 Å². The fourth-order valence-corrected chi connectivity index (χ4v) is 3.28. The molecule has 0 fully saturated rings. The molecule has 0 atom stereocenters. The molecule has 33 heavy (non-hydrogen) atoms. The van der Waals surface area contributed by atoms with Crippen LogP contribution in [0.4, 0.5) is 0 Å². The van der Waals surface area contributed by atoms with Crippen molar-refractivity contribution in [1.29, 1.82) is 0 Å². The molecule has 3 rings (SSSR count). The number of para-hydroxylation sites is 1. The van der Waals surface area contributed by atoms with Crippen molar-refractivity contribution < 1.29 is 28.5 Å². The summed E-state index contributed by atoms with van der Waals surface area (Å²) in [4.78, 5) is 24.3. The molecule has 2 amide bonds. The topological polar surface area (TPSA) is 109 Å². The molecule has 0 saturated carbocycles. The second-order valence-electron chi connectivity index (χ2n) is 7.07. The summed E-state index contributed by atoms with van der Waals surface area (Å²) in [6.45, 7) is 0.445. The van der Waals surface area contributed by atoms with E-state index in [2.05, 4.69) is 5.32 Å². The molecule has 0 aliphatic heterocycles. The first kappa shape index (κ1) is 23.5. The van der Waals surface area contributed by atoms with Gasteiger partial charge < -0.3 is 30.0 Å². The number of amides is 2. The maximum absolute atomic E-state index is 12.7. The number of carbonyl (C=O) groups is 2. The average Bonchev–Trinajstić information content (AvgIpc) is 2.85. The number of carbonyl (C=O) groups excluding carboxylic acids is 2. The molecule has 0 aromatic heterocycles. The number of primary amides is 1. The van der Waals surface area contributed by atoms with E-state index < -0.39 is 5.91 Å². The molecule has 0 heterocycles. The highest BCUT2D eigenvalue weighted by molar-refractivity contribution is 5.95. The van der Waals surface area contributed by atoms with Gasteiger partial charge in [0, 0.05) is 12.1 Å². The van der Waals surface area contributed by atoms with E-state index in [1.54, 1.807) is 54.6 Å². The lowest BCUT2D eigenvalue weighted by Gasteiger charge is -2.14. The van der Waals surface area contributed by atoms with Crippen molar-refractivity contribution in [1.82, 2.24) is 5.32 Å². The number of ether oxygens (including phenoxy) is 4. The summed E-state index contributed by atoms with van der Waals surface area (Å²) in [5.41, 5.74) is 7.73. The van der Waals surface area contributed by atoms with Gasteiger partial charge in [-0.25, -0.2) is 0 Å². The van der Waals surface area contributed by atoms with Gasteiger partial charge in [-0.2, -0.15) is 0 Å². The lowest BCUT2D eigenvalue weighted by atomic mass is 10.1. The van der Waals surface area contributed by atoms with E-state index in [0.29, 0.717) is 34.1 Å². The average molecular weight is 450 g/mol. The van der Waals surface area contributed by atoms with Gasteiger partial charge in [0.05, 0.1) is 26.9 Å². The highest BCUT2D eigenvalue weighted by atomic mass is 16.5. The van der Waals surface area contributed by atoms with Crippen molar-refractivity contribution >= 4 is 11.8 Å². The van der Waals surface area contributed by atoms with Gasteiger partial charge in [0.15, 0.2) is 11.5 Å². The van der Waals surface area contributed by atoms with Crippen LogP contribution in [0, 0.1) is 0 Å². The van der Waals surface area contributed by atoms with Crippen LogP contribution < -0.4 is 30.0 Å². The molecule has 0 aliphatic carbocycles. The first-order valence-electron chi connectivity index (χ1n) is 10.1. The van der Waals surface area contributed by atoms with Gasteiger partial charge in [0.1, 0.15) is 12.4 Å². The Kier molecular flexibility index (Phi) is 7.75. The summed E-state index contributed by atoms with van der Waals surface area (Å²) in [5.74, 6) is 1.09. The molecule has 172 valence electrons. The molecule has 0 radical (unpaired) electrons. The third kappa shape index (κ3) is 5.74. The van der Waals surface area contributed by atoms with Crippen molar-refractivity contribution in [3.63, 3.8) is 0 Å². The minimum Gasteiger partial charge on any atom is -0.493 e. The van der Waals surface area contributed by atoms with Crippen LogP contribution >= 0.6 is 0 Å². The van der Waals surface area contributed by atoms with Crippen LogP contribution in [0.25, 0.3) is 0 Å². The van der Waals surface area contributed by atoms with Crippen LogP contribution in [0.15, 0.2) is 60.7 Å². The molecule has 3 aromatic rings. The van der Waals surface area contributed by atoms with E-state index in [1.165, 1.54) is 21.3 Å². The summed E-state index contributed by atoms with van der Waals surface area (Å²) < 4.78 is 21.8. The van der Waals surface area contributed by atoms with Gasteiger partial charge in [-0.1, -0.05) is 24.3 Å². The Morgan fingerprint density at radius 2 is 1.52 bits per heavy atom. The van der Waals surface area contributed by atoms with E-state index in [9.17, 15) is 9.59 Å². The summed E-state index contributed by atoms with van der Waals surface area (Å²) in [7, 11) is 4.61. The second-order valence-corrected chi connectivity index (χ2v) is 7.07. The molecule has 0 aliphatic rings. The maximum Gasteiger partial charge on any atom is 0.252 e. The zero-order valence-corrected chi connectivity index (χ0v) is 18.7. The fourth-order valence-electron chi connectivity index (χ4n) is 3.28. The Bertz CT molecular complexity index is 1120. The Balaban J connectivity index is 1.67. The molecule has 3 aromatic carbocycles. The molecule has 8 nitrogen and oxygen atoms in total. The first-order chi connectivity index (χ1) is 16.0. The Morgan fingerprint density at radius 3 is 2.15 bits per heavy atom. The van der Waals surface area contributed by atoms with Crippen LogP contribution in [0.5, 0.6) is 23.0 Å². The van der Waals surface area contributed by atoms with Crippen molar-refractivity contribution in [2.24, 2.45) is 5.73 Å². The number of rotatable bonds is 10. The van der Waals surface area contributed by atoms with E-state index in [0.717, 1.165) is 11.1 Å². The zero-order valence-electron chi connectivity index (χ0n) is 18.7. The molecule has 3 N–H and O–H groups in total. The molecule has 0 bridgehead atoms. The monoisotopic (exact) mass is 450 g/mol. The molecule has 0 unspecified atom stereocenters. The predicted molar refractivity (Wildman–Crippen MR) is 123 cm³/mol. The number of hydrogen-bond donors (Lipinski definition) is 2. The van der Waals surface area contributed by atoms with Crippen LogP contribution in [0.2, 0.25) is 0 Å². The molecule has 0 saturated heterocycles. The SMILES string of the molecule is COc1cc(CNC(=O)c2cccc(COc3ccccc3C(N)=O)c2)cc(OC)c1OC. The quantitative estimate of drug-likeness (QED) is 0.491.